The summed E-state index contributed by atoms with van der Waals surface area (Å²) >= 11 is 0.207. The molecule has 1 atom stereocenters. The van der Waals surface area contributed by atoms with Crippen molar-refractivity contribution < 1.29 is 22.5 Å². The molecule has 0 saturated heterocycles. The summed E-state index contributed by atoms with van der Waals surface area (Å²) in [5, 5.41) is 0. The van der Waals surface area contributed by atoms with Gasteiger partial charge in [-0.3, -0.25) is 0 Å². The Hall–Kier alpha value is 0.120. The first-order valence-electron chi connectivity index (χ1n) is 3.13. The average Bonchev–Trinajstić information content (AvgIpc) is 1.97. The molecule has 0 radical (unpaired) electrons. The van der Waals surface area contributed by atoms with Gasteiger partial charge < -0.3 is 0 Å². The zero-order valence-electron chi connectivity index (χ0n) is 6.56. The molecule has 0 aliphatic heterocycles. The quantitative estimate of drug-likeness (QED) is 0.276. The summed E-state index contributed by atoms with van der Waals surface area (Å²) in [5.41, 5.74) is 0. The van der Waals surface area contributed by atoms with Crippen LogP contribution >= 0.6 is 0 Å². The fourth-order valence-electron chi connectivity index (χ4n) is 0.344. The summed E-state index contributed by atoms with van der Waals surface area (Å²) < 4.78 is 32.7. The Balaban J connectivity index is 3.96. The van der Waals surface area contributed by atoms with Gasteiger partial charge in [0, 0.05) is 0 Å². The molecule has 0 aromatic rings. The Bertz CT molecular complexity index is 270. The first-order chi connectivity index (χ1) is 5.38. The summed E-state index contributed by atoms with van der Waals surface area (Å²) in [5.74, 6) is -0.695. The molecule has 0 spiro atoms. The molecule has 0 bridgehead atoms. The fourth-order valence-corrected chi connectivity index (χ4v) is 0.751. The second-order valence-electron chi connectivity index (χ2n) is 2.16. The van der Waals surface area contributed by atoms with Crippen LogP contribution in [0.25, 0.3) is 0 Å². The van der Waals surface area contributed by atoms with Crippen LogP contribution in [-0.4, -0.2) is 56.0 Å². The van der Waals surface area contributed by atoms with E-state index >= 15 is 0 Å². The standard InChI is InChI=1S/C5H7O5S.Na/c1-2-5(6)10-3-4-11(7,8)9;/h2,4H,1,3H2,(H,7,8,9);. The summed E-state index contributed by atoms with van der Waals surface area (Å²) in [7, 11) is -4.06. The Morgan fingerprint density at radius 2 is 2.25 bits per heavy atom. The molecule has 0 heterocycles. The molecule has 0 aliphatic carbocycles. The van der Waals surface area contributed by atoms with Crippen LogP contribution in [0.2, 0.25) is 0 Å². The minimum atomic E-state index is -4.06. The predicted molar refractivity (Wildman–Crippen MR) is 42.2 cm³/mol. The summed E-state index contributed by atoms with van der Waals surface area (Å²) in [6.45, 7) is 2.82. The molecule has 0 aromatic heterocycles. The van der Waals surface area contributed by atoms with E-state index in [9.17, 15) is 13.2 Å². The van der Waals surface area contributed by atoms with Gasteiger partial charge in [-0.05, 0) is 0 Å². The Kier molecular flexibility index (Phi) is 5.03. The van der Waals surface area contributed by atoms with Crippen LogP contribution in [0, 0.1) is 0 Å². The maximum atomic E-state index is 10.4. The van der Waals surface area contributed by atoms with Crippen LogP contribution in [-0.2, 0) is 19.6 Å². The van der Waals surface area contributed by atoms with Crippen molar-refractivity contribution in [2.75, 3.05) is 6.61 Å². The topological polar surface area (TPSA) is 80.7 Å². The molecule has 0 saturated carbocycles. The van der Waals surface area contributed by atoms with E-state index in [0.29, 0.717) is 0 Å². The van der Waals surface area contributed by atoms with E-state index in [4.69, 9.17) is 4.55 Å². The van der Waals surface area contributed by atoms with Crippen LogP contribution in [0.5, 0.6) is 0 Å². The summed E-state index contributed by atoms with van der Waals surface area (Å²) in [4.78, 5) is 10.4. The third-order valence-electron chi connectivity index (χ3n) is 1.14. The van der Waals surface area contributed by atoms with E-state index < -0.39 is 18.6 Å². The molecular weight excluding hydrogens is 195 g/mol. The molecule has 0 aromatic carbocycles. The minimum absolute atomic E-state index is 0.207. The fraction of sp³-hybridized carbons (Fsp3) is 0.400. The van der Waals surface area contributed by atoms with Gasteiger partial charge >= 0.3 is 88.3 Å². The van der Waals surface area contributed by atoms with Gasteiger partial charge in [-0.25, -0.2) is 0 Å². The number of esters is 1. The van der Waals surface area contributed by atoms with E-state index in [-0.39, 0.29) is 34.5 Å². The first kappa shape index (κ1) is 12.1. The summed E-state index contributed by atoms with van der Waals surface area (Å²) in [6.07, 6.45) is 0.929. The van der Waals surface area contributed by atoms with Crippen molar-refractivity contribution in [1.82, 2.24) is 0 Å². The molecule has 0 aliphatic rings. The van der Waals surface area contributed by atoms with Crippen LogP contribution in [0.4, 0.5) is 0 Å². The van der Waals surface area contributed by atoms with Gasteiger partial charge in [0.25, 0.3) is 0 Å². The zero-order valence-corrected chi connectivity index (χ0v) is 9.37. The molecule has 0 fully saturated rings. The van der Waals surface area contributed by atoms with Crippen molar-refractivity contribution >= 4 is 44.0 Å². The van der Waals surface area contributed by atoms with E-state index in [1.807, 2.05) is 0 Å². The monoisotopic (exact) mass is 202 g/mol. The predicted octanol–water partition coefficient (Wildman–Crippen LogP) is -0.902. The third-order valence-corrected chi connectivity index (χ3v) is 4.41. The molecule has 1 unspecified atom stereocenters. The average molecular weight is 202 g/mol. The molecule has 5 nitrogen and oxygen atoms in total. The van der Waals surface area contributed by atoms with Crippen molar-refractivity contribution in [2.24, 2.45) is 0 Å². The first-order valence-corrected chi connectivity index (χ1v) is 5.79. The second-order valence-corrected chi connectivity index (χ2v) is 6.23. The zero-order chi connectivity index (χ0) is 9.78. The second kappa shape index (κ2) is 4.98. The molecule has 64 valence electrons. The SMILES string of the molecule is C=CC(=O)OC[CH]([Na])S(=O)(=O)O. The van der Waals surface area contributed by atoms with Gasteiger partial charge in [-0.1, -0.05) is 0 Å². The number of rotatable bonds is 4. The van der Waals surface area contributed by atoms with Crippen molar-refractivity contribution in [3.05, 3.63) is 12.7 Å². The normalized spacial score (nSPS) is 13.6. The van der Waals surface area contributed by atoms with E-state index in [1.54, 1.807) is 0 Å². The Morgan fingerprint density at radius 3 is 2.58 bits per heavy atom. The van der Waals surface area contributed by atoms with Gasteiger partial charge in [0.05, 0.1) is 0 Å². The number of carbonyl (C=O) groups is 1. The Labute approximate surface area is 87.9 Å². The van der Waals surface area contributed by atoms with Gasteiger partial charge in [-0.2, -0.15) is 0 Å². The molecule has 0 rings (SSSR count). The van der Waals surface area contributed by atoms with Crippen LogP contribution in [0.15, 0.2) is 12.7 Å². The molecule has 12 heavy (non-hydrogen) atoms. The van der Waals surface area contributed by atoms with Crippen LogP contribution in [0.1, 0.15) is 0 Å². The van der Waals surface area contributed by atoms with Crippen LogP contribution in [0.3, 0.4) is 0 Å². The Morgan fingerprint density at radius 1 is 1.75 bits per heavy atom. The molecular formula is C5H7NaO5S. The van der Waals surface area contributed by atoms with Gasteiger partial charge in [0.15, 0.2) is 0 Å². The van der Waals surface area contributed by atoms with Crippen molar-refractivity contribution in [2.45, 2.75) is 2.50 Å². The number of carbonyl (C=O) groups excluding carboxylic acids is 1. The van der Waals surface area contributed by atoms with Crippen LogP contribution < -0.4 is 0 Å². The molecule has 1 N–H and O–H groups in total. The summed E-state index contributed by atoms with van der Waals surface area (Å²) in [6, 6.07) is 0. The van der Waals surface area contributed by atoms with E-state index in [0.717, 1.165) is 6.08 Å². The van der Waals surface area contributed by atoms with Gasteiger partial charge in [-0.15, -0.1) is 0 Å². The van der Waals surface area contributed by atoms with Crippen molar-refractivity contribution in [1.29, 1.82) is 0 Å². The number of hydrogen-bond acceptors (Lipinski definition) is 4. The molecule has 7 heteroatoms. The van der Waals surface area contributed by atoms with E-state index in [1.165, 1.54) is 0 Å². The molecule has 0 amide bonds. The van der Waals surface area contributed by atoms with Crippen molar-refractivity contribution in [3.63, 3.8) is 0 Å². The van der Waals surface area contributed by atoms with Gasteiger partial charge in [0.2, 0.25) is 0 Å². The van der Waals surface area contributed by atoms with E-state index in [2.05, 4.69) is 11.3 Å². The number of hydrogen-bond donors (Lipinski definition) is 1. The maximum absolute atomic E-state index is 10.4. The van der Waals surface area contributed by atoms with Gasteiger partial charge in [0.1, 0.15) is 0 Å². The third kappa shape index (κ3) is 4.89. The van der Waals surface area contributed by atoms with Crippen molar-refractivity contribution in [3.8, 4) is 0 Å². The number of ether oxygens (including phenoxy) is 1.